The molecule has 0 bridgehead atoms. The van der Waals surface area contributed by atoms with E-state index in [0.29, 0.717) is 12.5 Å². The fourth-order valence-corrected chi connectivity index (χ4v) is 4.40. The Kier molecular flexibility index (Phi) is 3.87. The Balaban J connectivity index is 1.92. The van der Waals surface area contributed by atoms with Crippen LogP contribution in [0.25, 0.3) is 0 Å². The minimum Gasteiger partial charge on any atom is -0.315 e. The van der Waals surface area contributed by atoms with Crippen LogP contribution in [0.15, 0.2) is 0 Å². The Bertz CT molecular complexity index is 323. The number of hydrogen-bond donors (Lipinski definition) is 2. The molecule has 3 atom stereocenters. The molecule has 0 spiro atoms. The molecule has 2 aliphatic rings. The summed E-state index contributed by atoms with van der Waals surface area (Å²) in [7, 11) is -3.10. The fraction of sp³-hybridized carbons (Fsp3) is 1.00. The first-order valence-corrected chi connectivity index (χ1v) is 7.84. The molecular formula is C11H22N2O2S. The molecule has 0 radical (unpaired) electrons. The van der Waals surface area contributed by atoms with Crippen molar-refractivity contribution in [3.05, 3.63) is 0 Å². The van der Waals surface area contributed by atoms with E-state index in [9.17, 15) is 8.42 Å². The van der Waals surface area contributed by atoms with Crippen molar-refractivity contribution in [3.8, 4) is 0 Å². The maximum Gasteiger partial charge on any atom is 0.216 e. The number of hydrogen-bond acceptors (Lipinski definition) is 3. The second-order valence-electron chi connectivity index (χ2n) is 5.25. The smallest absolute Gasteiger partial charge is 0.216 e. The van der Waals surface area contributed by atoms with Crippen molar-refractivity contribution in [1.82, 2.24) is 10.0 Å². The fourth-order valence-electron chi connectivity index (χ4n) is 2.76. The third kappa shape index (κ3) is 2.96. The average Bonchev–Trinajstić information content (AvgIpc) is 2.69. The van der Waals surface area contributed by atoms with E-state index in [1.807, 2.05) is 0 Å². The van der Waals surface area contributed by atoms with E-state index in [0.717, 1.165) is 32.2 Å². The molecule has 2 N–H and O–H groups in total. The molecule has 16 heavy (non-hydrogen) atoms. The van der Waals surface area contributed by atoms with E-state index >= 15 is 0 Å². The summed E-state index contributed by atoms with van der Waals surface area (Å²) < 4.78 is 27.0. The van der Waals surface area contributed by atoms with Gasteiger partial charge in [-0.05, 0) is 31.7 Å². The van der Waals surface area contributed by atoms with Crippen molar-refractivity contribution < 1.29 is 8.42 Å². The molecule has 1 saturated carbocycles. The molecule has 0 aromatic heterocycles. The quantitative estimate of drug-likeness (QED) is 0.776. The zero-order valence-corrected chi connectivity index (χ0v) is 10.7. The van der Waals surface area contributed by atoms with E-state index in [1.54, 1.807) is 0 Å². The summed E-state index contributed by atoms with van der Waals surface area (Å²) in [6, 6.07) is 0.175. The van der Waals surface area contributed by atoms with Gasteiger partial charge in [0.15, 0.2) is 0 Å². The summed E-state index contributed by atoms with van der Waals surface area (Å²) in [4.78, 5) is 0. The average molecular weight is 246 g/mol. The first-order valence-electron chi connectivity index (χ1n) is 6.30. The molecule has 0 aromatic carbocycles. The van der Waals surface area contributed by atoms with Crippen LogP contribution in [-0.2, 0) is 10.0 Å². The zero-order valence-electron chi connectivity index (χ0n) is 9.91. The molecular weight excluding hydrogens is 224 g/mol. The summed E-state index contributed by atoms with van der Waals surface area (Å²) >= 11 is 0. The molecule has 1 heterocycles. The highest BCUT2D eigenvalue weighted by Gasteiger charge is 2.31. The lowest BCUT2D eigenvalue weighted by Crippen LogP contribution is -2.43. The van der Waals surface area contributed by atoms with E-state index in [4.69, 9.17) is 0 Å². The topological polar surface area (TPSA) is 58.2 Å². The monoisotopic (exact) mass is 246 g/mol. The van der Waals surface area contributed by atoms with E-state index in [2.05, 4.69) is 17.0 Å². The van der Waals surface area contributed by atoms with Gasteiger partial charge in [-0.1, -0.05) is 19.8 Å². The Morgan fingerprint density at radius 1 is 1.25 bits per heavy atom. The normalized spacial score (nSPS) is 36.4. The predicted molar refractivity (Wildman–Crippen MR) is 64.8 cm³/mol. The van der Waals surface area contributed by atoms with Crippen LogP contribution in [0.4, 0.5) is 0 Å². The molecule has 0 amide bonds. The Morgan fingerprint density at radius 2 is 2.06 bits per heavy atom. The highest BCUT2D eigenvalue weighted by Crippen LogP contribution is 2.24. The second-order valence-corrected chi connectivity index (χ2v) is 7.24. The second kappa shape index (κ2) is 5.02. The summed E-state index contributed by atoms with van der Waals surface area (Å²) in [5, 5.41) is 2.89. The first kappa shape index (κ1) is 12.3. The lowest BCUT2D eigenvalue weighted by molar-refractivity contribution is 0.327. The minimum atomic E-state index is -3.10. The SMILES string of the molecule is CC1CCCC(NS(=O)(=O)C2CCNC2)C1. The third-order valence-electron chi connectivity index (χ3n) is 3.72. The van der Waals surface area contributed by atoms with Crippen molar-refractivity contribution in [1.29, 1.82) is 0 Å². The van der Waals surface area contributed by atoms with Gasteiger partial charge in [-0.25, -0.2) is 13.1 Å². The van der Waals surface area contributed by atoms with Gasteiger partial charge in [0.1, 0.15) is 0 Å². The van der Waals surface area contributed by atoms with Crippen LogP contribution in [0, 0.1) is 5.92 Å². The minimum absolute atomic E-state index is 0.175. The van der Waals surface area contributed by atoms with E-state index < -0.39 is 10.0 Å². The lowest BCUT2D eigenvalue weighted by atomic mass is 9.88. The van der Waals surface area contributed by atoms with Gasteiger partial charge in [0.2, 0.25) is 10.0 Å². The van der Waals surface area contributed by atoms with Crippen molar-refractivity contribution in [2.45, 2.75) is 50.3 Å². The number of nitrogens with one attached hydrogen (secondary N) is 2. The van der Waals surface area contributed by atoms with Crippen LogP contribution in [-0.4, -0.2) is 32.8 Å². The first-order chi connectivity index (χ1) is 7.58. The van der Waals surface area contributed by atoms with Gasteiger partial charge in [-0.2, -0.15) is 0 Å². The van der Waals surface area contributed by atoms with Crippen molar-refractivity contribution in [2.24, 2.45) is 5.92 Å². The molecule has 5 heteroatoms. The van der Waals surface area contributed by atoms with Crippen molar-refractivity contribution in [2.75, 3.05) is 13.1 Å². The standard InChI is InChI=1S/C11H22N2O2S/c1-9-3-2-4-10(7-9)13-16(14,15)11-5-6-12-8-11/h9-13H,2-8H2,1H3. The molecule has 4 nitrogen and oxygen atoms in total. The maximum atomic E-state index is 12.1. The Labute approximate surface area is 98.2 Å². The number of sulfonamides is 1. The zero-order chi connectivity index (χ0) is 11.6. The molecule has 1 aliphatic carbocycles. The summed E-state index contributed by atoms with van der Waals surface area (Å²) in [6.07, 6.45) is 5.14. The number of rotatable bonds is 3. The molecule has 0 aromatic rings. The van der Waals surface area contributed by atoms with Crippen LogP contribution in [0.1, 0.15) is 39.0 Å². The van der Waals surface area contributed by atoms with Gasteiger partial charge < -0.3 is 5.32 Å². The van der Waals surface area contributed by atoms with Gasteiger partial charge in [0.25, 0.3) is 0 Å². The molecule has 1 aliphatic heterocycles. The molecule has 94 valence electrons. The van der Waals surface area contributed by atoms with Crippen LogP contribution in [0.5, 0.6) is 0 Å². The molecule has 2 rings (SSSR count). The molecule has 1 saturated heterocycles. The molecule has 2 fully saturated rings. The highest BCUT2D eigenvalue weighted by molar-refractivity contribution is 7.90. The summed E-state index contributed by atoms with van der Waals surface area (Å²) in [6.45, 7) is 3.64. The summed E-state index contributed by atoms with van der Waals surface area (Å²) in [5.41, 5.74) is 0. The lowest BCUT2D eigenvalue weighted by Gasteiger charge is -2.28. The maximum absolute atomic E-state index is 12.1. The molecule has 3 unspecified atom stereocenters. The Hall–Kier alpha value is -0.130. The third-order valence-corrected chi connectivity index (χ3v) is 5.66. The van der Waals surface area contributed by atoms with Crippen LogP contribution in [0.2, 0.25) is 0 Å². The van der Waals surface area contributed by atoms with Crippen LogP contribution < -0.4 is 10.0 Å². The largest absolute Gasteiger partial charge is 0.315 e. The van der Waals surface area contributed by atoms with Gasteiger partial charge in [0, 0.05) is 12.6 Å². The van der Waals surface area contributed by atoms with Crippen molar-refractivity contribution in [3.63, 3.8) is 0 Å². The highest BCUT2D eigenvalue weighted by atomic mass is 32.2. The van der Waals surface area contributed by atoms with Gasteiger partial charge in [-0.3, -0.25) is 0 Å². The van der Waals surface area contributed by atoms with Crippen LogP contribution >= 0.6 is 0 Å². The van der Waals surface area contributed by atoms with Gasteiger partial charge >= 0.3 is 0 Å². The van der Waals surface area contributed by atoms with Gasteiger partial charge in [0.05, 0.1) is 5.25 Å². The van der Waals surface area contributed by atoms with E-state index in [1.165, 1.54) is 6.42 Å². The van der Waals surface area contributed by atoms with Crippen molar-refractivity contribution >= 4 is 10.0 Å². The Morgan fingerprint density at radius 3 is 2.69 bits per heavy atom. The van der Waals surface area contributed by atoms with Gasteiger partial charge in [-0.15, -0.1) is 0 Å². The predicted octanol–water partition coefficient (Wildman–Crippen LogP) is 0.846. The van der Waals surface area contributed by atoms with Crippen LogP contribution in [0.3, 0.4) is 0 Å². The summed E-state index contributed by atoms with van der Waals surface area (Å²) in [5.74, 6) is 0.656. The van der Waals surface area contributed by atoms with E-state index in [-0.39, 0.29) is 11.3 Å².